The molecule has 0 aliphatic rings. The first-order valence-electron chi connectivity index (χ1n) is 5.03. The van der Waals surface area contributed by atoms with Gasteiger partial charge in [0.2, 0.25) is 0 Å². The third-order valence-electron chi connectivity index (χ3n) is 1.96. The number of carbonyl (C=O) groups excluding carboxylic acids is 1. The standard InChI is InChI=1S/C12H14ClNO2/c1-3-11(14-12(15)16-4-2)9-5-7-10(13)8-6-9/h3,5-8H,4H2,1-2H3,(H,14,15)/b11-3+. The maximum atomic E-state index is 11.3. The van der Waals surface area contributed by atoms with E-state index in [1.54, 1.807) is 25.1 Å². The van der Waals surface area contributed by atoms with Crippen molar-refractivity contribution in [1.82, 2.24) is 5.32 Å². The number of hydrogen-bond donors (Lipinski definition) is 1. The lowest BCUT2D eigenvalue weighted by Gasteiger charge is -2.09. The Balaban J connectivity index is 2.76. The van der Waals surface area contributed by atoms with Crippen LogP contribution in [0.5, 0.6) is 0 Å². The molecule has 0 radical (unpaired) electrons. The molecule has 1 N–H and O–H groups in total. The van der Waals surface area contributed by atoms with Crippen LogP contribution in [0.25, 0.3) is 5.70 Å². The van der Waals surface area contributed by atoms with Crippen molar-refractivity contribution in [3.8, 4) is 0 Å². The van der Waals surface area contributed by atoms with Gasteiger partial charge < -0.3 is 4.74 Å². The number of halogens is 1. The molecule has 4 heteroatoms. The predicted octanol–water partition coefficient (Wildman–Crippen LogP) is 3.45. The summed E-state index contributed by atoms with van der Waals surface area (Å²) in [6.45, 7) is 3.96. The molecule has 0 fully saturated rings. The van der Waals surface area contributed by atoms with Crippen molar-refractivity contribution in [2.24, 2.45) is 0 Å². The van der Waals surface area contributed by atoms with E-state index in [4.69, 9.17) is 16.3 Å². The van der Waals surface area contributed by atoms with Crippen LogP contribution in [0.1, 0.15) is 19.4 Å². The maximum absolute atomic E-state index is 11.3. The third-order valence-corrected chi connectivity index (χ3v) is 2.21. The number of nitrogens with one attached hydrogen (secondary N) is 1. The van der Waals surface area contributed by atoms with Gasteiger partial charge in [-0.3, -0.25) is 5.32 Å². The Hall–Kier alpha value is -1.48. The molecule has 1 amide bonds. The van der Waals surface area contributed by atoms with Crippen molar-refractivity contribution in [1.29, 1.82) is 0 Å². The largest absolute Gasteiger partial charge is 0.450 e. The molecule has 0 bridgehead atoms. The number of carbonyl (C=O) groups is 1. The van der Waals surface area contributed by atoms with E-state index in [1.165, 1.54) is 0 Å². The summed E-state index contributed by atoms with van der Waals surface area (Å²) >= 11 is 5.78. The van der Waals surface area contributed by atoms with E-state index in [0.717, 1.165) is 5.56 Å². The molecule has 1 rings (SSSR count). The van der Waals surface area contributed by atoms with Crippen LogP contribution in [0.3, 0.4) is 0 Å². The van der Waals surface area contributed by atoms with Crippen LogP contribution >= 0.6 is 11.6 Å². The Morgan fingerprint density at radius 1 is 1.44 bits per heavy atom. The second kappa shape index (κ2) is 6.18. The molecular formula is C12H14ClNO2. The van der Waals surface area contributed by atoms with Crippen LogP contribution in [-0.2, 0) is 4.74 Å². The lowest BCUT2D eigenvalue weighted by Crippen LogP contribution is -2.22. The number of ether oxygens (including phenoxy) is 1. The summed E-state index contributed by atoms with van der Waals surface area (Å²) in [4.78, 5) is 11.3. The molecule has 0 unspecified atom stereocenters. The highest BCUT2D eigenvalue weighted by atomic mass is 35.5. The van der Waals surface area contributed by atoms with Crippen LogP contribution in [0, 0.1) is 0 Å². The van der Waals surface area contributed by atoms with Crippen molar-refractivity contribution >= 4 is 23.4 Å². The van der Waals surface area contributed by atoms with Crippen LogP contribution in [0.15, 0.2) is 30.3 Å². The Morgan fingerprint density at radius 2 is 2.06 bits per heavy atom. The molecule has 3 nitrogen and oxygen atoms in total. The maximum Gasteiger partial charge on any atom is 0.411 e. The van der Waals surface area contributed by atoms with Gasteiger partial charge in [0.25, 0.3) is 0 Å². The molecule has 0 saturated heterocycles. The van der Waals surface area contributed by atoms with Gasteiger partial charge in [0.1, 0.15) is 0 Å². The summed E-state index contributed by atoms with van der Waals surface area (Å²) in [5.41, 5.74) is 1.59. The summed E-state index contributed by atoms with van der Waals surface area (Å²) < 4.78 is 4.80. The smallest absolute Gasteiger partial charge is 0.411 e. The molecule has 0 aliphatic heterocycles. The van der Waals surface area contributed by atoms with Gasteiger partial charge in [0.15, 0.2) is 0 Å². The zero-order valence-corrected chi connectivity index (χ0v) is 10.0. The SMILES string of the molecule is C/C=C(/NC(=O)OCC)c1ccc(Cl)cc1. The van der Waals surface area contributed by atoms with E-state index in [-0.39, 0.29) is 0 Å². The fraction of sp³-hybridized carbons (Fsp3) is 0.250. The highest BCUT2D eigenvalue weighted by Crippen LogP contribution is 2.15. The second-order valence-corrected chi connectivity index (χ2v) is 3.49. The van der Waals surface area contributed by atoms with E-state index in [9.17, 15) is 4.79 Å². The van der Waals surface area contributed by atoms with Gasteiger partial charge >= 0.3 is 6.09 Å². The molecule has 0 aliphatic carbocycles. The molecule has 16 heavy (non-hydrogen) atoms. The summed E-state index contributed by atoms with van der Waals surface area (Å²) in [6, 6.07) is 7.22. The lowest BCUT2D eigenvalue weighted by atomic mass is 10.1. The Kier molecular flexibility index (Phi) is 4.86. The lowest BCUT2D eigenvalue weighted by molar-refractivity contribution is 0.157. The van der Waals surface area contributed by atoms with Gasteiger partial charge in [0.05, 0.1) is 6.61 Å². The average Bonchev–Trinajstić information content (AvgIpc) is 2.27. The van der Waals surface area contributed by atoms with Crippen LogP contribution in [0.4, 0.5) is 4.79 Å². The number of alkyl carbamates (subject to hydrolysis) is 1. The minimum atomic E-state index is -0.453. The summed E-state index contributed by atoms with van der Waals surface area (Å²) in [5, 5.41) is 3.32. The number of hydrogen-bond acceptors (Lipinski definition) is 2. The van der Waals surface area contributed by atoms with Crippen LogP contribution in [0.2, 0.25) is 5.02 Å². The van der Waals surface area contributed by atoms with Gasteiger partial charge in [-0.1, -0.05) is 29.8 Å². The first-order valence-corrected chi connectivity index (χ1v) is 5.41. The summed E-state index contributed by atoms with van der Waals surface area (Å²) in [5.74, 6) is 0. The van der Waals surface area contributed by atoms with Gasteiger partial charge in [-0.15, -0.1) is 0 Å². The van der Waals surface area contributed by atoms with Gasteiger partial charge in [-0.25, -0.2) is 4.79 Å². The minimum absolute atomic E-state index is 0.351. The van der Waals surface area contributed by atoms with Crippen LogP contribution in [-0.4, -0.2) is 12.7 Å². The van der Waals surface area contributed by atoms with E-state index in [1.807, 2.05) is 19.1 Å². The predicted molar refractivity (Wildman–Crippen MR) is 65.3 cm³/mol. The molecule has 0 aromatic heterocycles. The van der Waals surface area contributed by atoms with Crippen molar-refractivity contribution in [2.45, 2.75) is 13.8 Å². The Bertz CT molecular complexity index is 385. The number of allylic oxidation sites excluding steroid dienone is 1. The monoisotopic (exact) mass is 239 g/mol. The Labute approximate surface area is 100 Å². The van der Waals surface area contributed by atoms with Crippen molar-refractivity contribution in [3.63, 3.8) is 0 Å². The number of benzene rings is 1. The summed E-state index contributed by atoms with van der Waals surface area (Å²) in [6.07, 6.45) is 1.35. The molecule has 1 aromatic rings. The van der Waals surface area contributed by atoms with E-state index in [2.05, 4.69) is 5.32 Å². The van der Waals surface area contributed by atoms with Crippen molar-refractivity contribution in [3.05, 3.63) is 40.9 Å². The molecular weight excluding hydrogens is 226 g/mol. The van der Waals surface area contributed by atoms with Gasteiger partial charge in [-0.05, 0) is 31.5 Å². The van der Waals surface area contributed by atoms with E-state index < -0.39 is 6.09 Å². The van der Waals surface area contributed by atoms with Crippen molar-refractivity contribution < 1.29 is 9.53 Å². The summed E-state index contributed by atoms with van der Waals surface area (Å²) in [7, 11) is 0. The van der Waals surface area contributed by atoms with Gasteiger partial charge in [-0.2, -0.15) is 0 Å². The minimum Gasteiger partial charge on any atom is -0.450 e. The third kappa shape index (κ3) is 3.59. The molecule has 86 valence electrons. The van der Waals surface area contributed by atoms with E-state index in [0.29, 0.717) is 17.3 Å². The first kappa shape index (κ1) is 12.6. The molecule has 0 spiro atoms. The Morgan fingerprint density at radius 3 is 2.56 bits per heavy atom. The van der Waals surface area contributed by atoms with Gasteiger partial charge in [0, 0.05) is 10.7 Å². The van der Waals surface area contributed by atoms with Crippen LogP contribution < -0.4 is 5.32 Å². The number of rotatable bonds is 3. The average molecular weight is 240 g/mol. The molecule has 0 heterocycles. The quantitative estimate of drug-likeness (QED) is 0.878. The normalized spacial score (nSPS) is 11.1. The topological polar surface area (TPSA) is 38.3 Å². The fourth-order valence-electron chi connectivity index (χ4n) is 1.22. The second-order valence-electron chi connectivity index (χ2n) is 3.05. The molecule has 0 atom stereocenters. The first-order chi connectivity index (χ1) is 7.67. The van der Waals surface area contributed by atoms with E-state index >= 15 is 0 Å². The highest BCUT2D eigenvalue weighted by Gasteiger charge is 2.05. The molecule has 0 saturated carbocycles. The number of amides is 1. The van der Waals surface area contributed by atoms with Crippen molar-refractivity contribution in [2.75, 3.05) is 6.61 Å². The zero-order chi connectivity index (χ0) is 12.0. The zero-order valence-electron chi connectivity index (χ0n) is 9.29. The highest BCUT2D eigenvalue weighted by molar-refractivity contribution is 6.30. The fourth-order valence-corrected chi connectivity index (χ4v) is 1.34. The molecule has 1 aromatic carbocycles.